The Labute approximate surface area is 456 Å². The van der Waals surface area contributed by atoms with Gasteiger partial charge in [-0.1, -0.05) is 77.9 Å². The molecule has 0 fully saturated rings. The van der Waals surface area contributed by atoms with Crippen LogP contribution < -0.4 is 10.6 Å². The molecule has 7 N–H and O–H groups in total. The van der Waals surface area contributed by atoms with Crippen LogP contribution in [0.3, 0.4) is 0 Å². The van der Waals surface area contributed by atoms with Gasteiger partial charge in [0.2, 0.25) is 0 Å². The lowest BCUT2D eigenvalue weighted by Gasteiger charge is -2.08. The van der Waals surface area contributed by atoms with E-state index in [0.717, 1.165) is 57.5 Å². The Balaban J connectivity index is 0.000000194. The highest BCUT2D eigenvalue weighted by Gasteiger charge is 2.07. The minimum absolute atomic E-state index is 0.0197. The summed E-state index contributed by atoms with van der Waals surface area (Å²) in [5.74, 6) is 0. The summed E-state index contributed by atoms with van der Waals surface area (Å²) in [7, 11) is 5.03. The Kier molecular flexibility index (Phi) is 10.3. The molecule has 10 nitrogen and oxygen atoms in total. The van der Waals surface area contributed by atoms with Crippen LogP contribution in [0.1, 0.15) is 77.3 Å². The molecular weight excluding hydrogens is 861 g/mol. The zero-order valence-corrected chi connectivity index (χ0v) is 40.0. The normalized spacial score (nSPS) is 19.5. The average Bonchev–Trinajstić information content (AvgIpc) is 1.06. The lowest BCUT2D eigenvalue weighted by molar-refractivity contribution is 0.414. The zero-order chi connectivity index (χ0) is 74.2. The molecule has 0 amide bonds. The van der Waals surface area contributed by atoms with Crippen molar-refractivity contribution in [3.05, 3.63) is 179 Å². The smallest absolute Gasteiger partial charge is 0.0456 e. The van der Waals surface area contributed by atoms with Crippen LogP contribution in [0.4, 0.5) is 0 Å². The third-order valence-corrected chi connectivity index (χ3v) is 10.6. The first kappa shape index (κ1) is 26.7. The molecule has 0 atom stereocenters. The van der Waals surface area contributed by atoms with Crippen LogP contribution in [0.15, 0.2) is 140 Å². The number of para-hydroxylation sites is 3. The van der Waals surface area contributed by atoms with Crippen LogP contribution in [0.25, 0.3) is 54.5 Å². The number of hydrogen-bond acceptors (Lipinski definition) is 5. The third kappa shape index (κ3) is 15.6. The molecule has 0 aliphatic heterocycles. The third-order valence-electron chi connectivity index (χ3n) is 10.6. The maximum absolute atomic E-state index is 8.23. The molecule has 370 valence electrons. The number of hydrogen-bond donors (Lipinski definition) is 7. The Hall–Kier alpha value is -6.40. The second kappa shape index (κ2) is 27.1. The van der Waals surface area contributed by atoms with Crippen LogP contribution in [0, 0.1) is 13.8 Å². The quantitative estimate of drug-likeness (QED) is 0.0553. The SMILES string of the molecule is [2H]C([2H])(Cc1c[nH]c2ccc(C)cc12)NC.[2H]C([2H])([2H])N(C)C([2H])([2H])C([2H])([2H])c1c[nH]c2ccc(C)cc12.[2H]C([2H])([2H])N(C)C([2H])([2H])C([2H])([2H])c1c[nH]c2ccccc12.[2H]C([2H])([2H])N(C)C([2H])([2H])Cc1c[nH]c2ccccc12.[2H]C([2H])([2H])NC([2H])([2H])C([2H])([2H])c1c[nH]c2ccccc12. The van der Waals surface area contributed by atoms with E-state index in [9.17, 15) is 0 Å². The Bertz CT molecular complexity index is 4280. The number of aromatic nitrogens is 5. The molecule has 5 aromatic carbocycles. The van der Waals surface area contributed by atoms with Gasteiger partial charge in [0.1, 0.15) is 0 Å². The number of aromatic amines is 5. The fourth-order valence-electron chi connectivity index (χ4n) is 7.18. The van der Waals surface area contributed by atoms with E-state index in [4.69, 9.17) is 38.4 Å². The van der Waals surface area contributed by atoms with Crippen molar-refractivity contribution >= 4 is 54.5 Å². The fourth-order valence-corrected chi connectivity index (χ4v) is 7.18. The number of aryl methyl sites for hydroxylation is 7. The highest BCUT2D eigenvalue weighted by molar-refractivity contribution is 5.86. The van der Waals surface area contributed by atoms with Crippen LogP contribution in [-0.2, 0) is 32.0 Å². The van der Waals surface area contributed by atoms with E-state index < -0.39 is 79.5 Å². The molecule has 0 aliphatic rings. The van der Waals surface area contributed by atoms with Gasteiger partial charge in [-0.25, -0.2) is 0 Å². The molecule has 5 aromatic heterocycles. The Morgan fingerprint density at radius 2 is 0.814 bits per heavy atom. The van der Waals surface area contributed by atoms with Gasteiger partial charge in [-0.3, -0.25) is 0 Å². The van der Waals surface area contributed by atoms with E-state index in [0.29, 0.717) is 48.9 Å². The molecule has 10 aromatic rings. The van der Waals surface area contributed by atoms with Crippen LogP contribution in [-0.4, -0.2) is 128 Å². The minimum atomic E-state index is -2.77. The van der Waals surface area contributed by atoms with Gasteiger partial charge < -0.3 is 50.3 Å². The standard InChI is InChI=1S/C13H18N2.3C12H16N2.C11H14N2/c1-10-4-5-13-12(8-10)11(9-14-13)6-7-15(2)3;1-9-3-4-12-11(7-9)10(8-14-12)5-6-13-2;2*1-14(2)8-7-10-9-13-12-6-4-3-5-11(10)12;1-12-7-6-9-8-13-11-5-3-2-4-10(9)11/h4-5,8-9,14H,6-7H2,1-3H3;3-4,7-8,13-14H,5-6H2,1-2H3;2*3-6,9,13H,7-8H2,1-2H3;2-5,8,12-13H,6-7H2,1H3/i2D3,6D2,7D2;6D2;1D3,7D2,8D2;1D3,8D2;1D3,6D2,7D2. The van der Waals surface area contributed by atoms with Gasteiger partial charge in [0.25, 0.3) is 0 Å². The average molecular weight is 970 g/mol. The molecule has 10 heteroatoms. The van der Waals surface area contributed by atoms with Crippen LogP contribution in [0.5, 0.6) is 0 Å². The molecule has 0 bridgehead atoms. The van der Waals surface area contributed by atoms with Crippen molar-refractivity contribution in [3.8, 4) is 0 Å². The molecular formula is C60H80N10. The molecule has 0 spiro atoms. The van der Waals surface area contributed by atoms with Gasteiger partial charge >= 0.3 is 0 Å². The number of benzene rings is 5. The Morgan fingerprint density at radius 3 is 1.29 bits per heavy atom. The van der Waals surface area contributed by atoms with Gasteiger partial charge in [0.05, 0.1) is 0 Å². The van der Waals surface area contributed by atoms with E-state index in [2.05, 4.69) is 42.4 Å². The number of nitrogens with zero attached hydrogens (tertiary/aromatic N) is 3. The number of likely N-dealkylation sites (N-methyl/N-ethyl adjacent to an activating group) is 5. The van der Waals surface area contributed by atoms with Crippen molar-refractivity contribution in [1.82, 2.24) is 50.3 Å². The van der Waals surface area contributed by atoms with Gasteiger partial charge in [0.15, 0.2) is 0 Å². The molecule has 0 unspecified atom stereocenters. The van der Waals surface area contributed by atoms with E-state index in [1.807, 2.05) is 56.4 Å². The molecule has 0 aliphatic carbocycles. The number of nitrogens with one attached hydrogen (secondary N) is 7. The first-order valence-corrected chi connectivity index (χ1v) is 22.2. The van der Waals surface area contributed by atoms with Crippen molar-refractivity contribution in [2.24, 2.45) is 0 Å². The molecule has 0 saturated heterocycles. The zero-order valence-electron chi connectivity index (χ0n) is 68.0. The molecule has 10 rings (SSSR count). The predicted octanol–water partition coefficient (Wildman–Crippen LogP) is 11.3. The molecule has 0 radical (unpaired) electrons. The lowest BCUT2D eigenvalue weighted by atomic mass is 10.1. The highest BCUT2D eigenvalue weighted by Crippen LogP contribution is 2.23. The summed E-state index contributed by atoms with van der Waals surface area (Å²) >= 11 is 0. The van der Waals surface area contributed by atoms with Crippen molar-refractivity contribution < 1.29 is 38.4 Å². The largest absolute Gasteiger partial charge is 0.361 e. The van der Waals surface area contributed by atoms with Crippen molar-refractivity contribution in [2.45, 2.75) is 45.8 Å². The van der Waals surface area contributed by atoms with Gasteiger partial charge in [0, 0.05) is 143 Å². The summed E-state index contributed by atoms with van der Waals surface area (Å²) in [6, 6.07) is 32.9. The summed E-state index contributed by atoms with van der Waals surface area (Å²) in [6.45, 7) is -18.3. The lowest BCUT2D eigenvalue weighted by Crippen LogP contribution is -2.14. The van der Waals surface area contributed by atoms with E-state index in [1.165, 1.54) is 31.2 Å². The topological polar surface area (TPSA) is 113 Å². The van der Waals surface area contributed by atoms with Crippen molar-refractivity contribution in [3.63, 3.8) is 0 Å². The van der Waals surface area contributed by atoms with Crippen molar-refractivity contribution in [2.75, 3.05) is 88.6 Å². The van der Waals surface area contributed by atoms with E-state index >= 15 is 0 Å². The molecule has 70 heavy (non-hydrogen) atoms. The number of fused-ring (bicyclic) bond motifs is 5. The predicted molar refractivity (Wildman–Crippen MR) is 303 cm³/mol. The summed E-state index contributed by atoms with van der Waals surface area (Å²) in [4.78, 5) is 16.6. The van der Waals surface area contributed by atoms with Gasteiger partial charge in [-0.05, 0) is 185 Å². The second-order valence-electron chi connectivity index (χ2n) is 15.9. The summed E-state index contributed by atoms with van der Waals surface area (Å²) in [6.07, 6.45) is 0.627. The van der Waals surface area contributed by atoms with E-state index in [1.54, 1.807) is 79.2 Å². The maximum Gasteiger partial charge on any atom is 0.0456 e. The molecule has 5 heterocycles. The first-order valence-electron chi connectivity index (χ1n) is 36.2. The van der Waals surface area contributed by atoms with E-state index in [-0.39, 0.29) is 23.1 Å². The monoisotopic (exact) mass is 969 g/mol. The van der Waals surface area contributed by atoms with Crippen molar-refractivity contribution in [1.29, 1.82) is 0 Å². The van der Waals surface area contributed by atoms with Gasteiger partial charge in [-0.2, -0.15) is 0 Å². The maximum atomic E-state index is 8.23. The van der Waals surface area contributed by atoms with Crippen LogP contribution >= 0.6 is 0 Å². The first-order chi connectivity index (χ1) is 44.7. The summed E-state index contributed by atoms with van der Waals surface area (Å²) in [5.41, 5.74) is 8.16. The number of rotatable bonds is 15. The molecule has 0 saturated carbocycles. The number of H-pyrrole nitrogens is 5. The summed E-state index contributed by atoms with van der Waals surface area (Å²) in [5, 5.41) is 8.05. The fraction of sp³-hybridized carbons (Fsp3) is 0.333. The Morgan fingerprint density at radius 1 is 0.429 bits per heavy atom. The highest BCUT2D eigenvalue weighted by atomic mass is 15.1. The summed E-state index contributed by atoms with van der Waals surface area (Å²) < 4.78 is 215. The minimum Gasteiger partial charge on any atom is -0.361 e. The second-order valence-corrected chi connectivity index (χ2v) is 15.9. The van der Waals surface area contributed by atoms with Gasteiger partial charge in [-0.15, -0.1) is 0 Å². The van der Waals surface area contributed by atoms with Crippen LogP contribution in [0.2, 0.25) is 0 Å².